The number of likely N-dealkylation sites (N-methyl/N-ethyl adjacent to an activating group) is 1. The summed E-state index contributed by atoms with van der Waals surface area (Å²) < 4.78 is 4.99. The van der Waals surface area contributed by atoms with Gasteiger partial charge >= 0.3 is 0 Å². The van der Waals surface area contributed by atoms with Gasteiger partial charge in [0, 0.05) is 46.4 Å². The van der Waals surface area contributed by atoms with Gasteiger partial charge < -0.3 is 15.0 Å². The fourth-order valence-electron chi connectivity index (χ4n) is 2.58. The first-order valence-corrected chi connectivity index (χ1v) is 7.56. The van der Waals surface area contributed by atoms with Crippen molar-refractivity contribution in [3.05, 3.63) is 23.4 Å². The molecule has 1 rings (SSSR count). The van der Waals surface area contributed by atoms with Crippen LogP contribution >= 0.6 is 0 Å². The Bertz CT molecular complexity index is 402. The Morgan fingerprint density at radius 3 is 2.81 bits per heavy atom. The minimum Gasteiger partial charge on any atom is -0.383 e. The number of nitrogens with zero attached hydrogens (tertiary/aromatic N) is 2. The molecule has 0 spiro atoms. The zero-order chi connectivity index (χ0) is 15.8. The number of hydrogen-bond acceptors (Lipinski definition) is 4. The number of carbonyl (C=O) groups excluding carboxylic acids is 1. The molecule has 5 nitrogen and oxygen atoms in total. The maximum atomic E-state index is 12.5. The van der Waals surface area contributed by atoms with Crippen molar-refractivity contribution in [3.8, 4) is 0 Å². The zero-order valence-electron chi connectivity index (χ0n) is 14.0. The summed E-state index contributed by atoms with van der Waals surface area (Å²) in [6.45, 7) is 4.07. The zero-order valence-corrected chi connectivity index (χ0v) is 14.0. The molecule has 0 fully saturated rings. The molecule has 0 aliphatic carbocycles. The third-order valence-electron chi connectivity index (χ3n) is 3.70. The summed E-state index contributed by atoms with van der Waals surface area (Å²) in [7, 11) is 7.73. The van der Waals surface area contributed by atoms with E-state index < -0.39 is 0 Å². The highest BCUT2D eigenvalue weighted by Gasteiger charge is 2.32. The van der Waals surface area contributed by atoms with Crippen molar-refractivity contribution in [1.82, 2.24) is 15.1 Å². The lowest BCUT2D eigenvalue weighted by Crippen LogP contribution is -2.50. The SMILES string of the molecule is CC/C=C\C1=C(N(C)C)CCN(C)C1C(=O)NCCOC. The second-order valence-corrected chi connectivity index (χ2v) is 5.52. The molecule has 0 saturated heterocycles. The maximum absolute atomic E-state index is 12.5. The number of methoxy groups -OCH3 is 1. The van der Waals surface area contributed by atoms with Crippen LogP contribution in [0.15, 0.2) is 23.4 Å². The molecule has 1 heterocycles. The van der Waals surface area contributed by atoms with Crippen molar-refractivity contribution in [2.45, 2.75) is 25.8 Å². The third kappa shape index (κ3) is 4.86. The number of ether oxygens (including phenoxy) is 1. The van der Waals surface area contributed by atoms with Gasteiger partial charge in [0.2, 0.25) is 5.91 Å². The van der Waals surface area contributed by atoms with Crippen LogP contribution in [0.1, 0.15) is 19.8 Å². The van der Waals surface area contributed by atoms with Gasteiger partial charge in [-0.3, -0.25) is 9.69 Å². The molecule has 1 unspecified atom stereocenters. The Balaban J connectivity index is 3.01. The molecule has 1 N–H and O–H groups in total. The fraction of sp³-hybridized carbons (Fsp3) is 0.688. The average Bonchev–Trinajstić information content (AvgIpc) is 2.44. The quantitative estimate of drug-likeness (QED) is 0.718. The van der Waals surface area contributed by atoms with Gasteiger partial charge in [0.25, 0.3) is 0 Å². The highest BCUT2D eigenvalue weighted by Crippen LogP contribution is 2.26. The molecule has 5 heteroatoms. The van der Waals surface area contributed by atoms with Crippen molar-refractivity contribution in [2.75, 3.05) is 47.9 Å². The smallest absolute Gasteiger partial charge is 0.242 e. The summed E-state index contributed by atoms with van der Waals surface area (Å²) in [5.41, 5.74) is 2.34. The lowest BCUT2D eigenvalue weighted by Gasteiger charge is -2.36. The summed E-state index contributed by atoms with van der Waals surface area (Å²) in [5.74, 6) is 0.0457. The second-order valence-electron chi connectivity index (χ2n) is 5.52. The number of carbonyl (C=O) groups is 1. The molecule has 1 aliphatic rings. The second kappa shape index (κ2) is 8.85. The van der Waals surface area contributed by atoms with Gasteiger partial charge in [-0.05, 0) is 19.0 Å². The van der Waals surface area contributed by atoms with E-state index in [1.54, 1.807) is 7.11 Å². The third-order valence-corrected chi connectivity index (χ3v) is 3.70. The van der Waals surface area contributed by atoms with Crippen molar-refractivity contribution in [2.24, 2.45) is 0 Å². The van der Waals surface area contributed by atoms with E-state index >= 15 is 0 Å². The lowest BCUT2D eigenvalue weighted by atomic mass is 9.95. The van der Waals surface area contributed by atoms with E-state index in [0.717, 1.165) is 25.0 Å². The van der Waals surface area contributed by atoms with Crippen LogP contribution in [0.4, 0.5) is 0 Å². The van der Waals surface area contributed by atoms with Crippen LogP contribution in [-0.2, 0) is 9.53 Å². The van der Waals surface area contributed by atoms with E-state index in [0.29, 0.717) is 13.2 Å². The first kappa shape index (κ1) is 17.7. The number of rotatable bonds is 7. The van der Waals surface area contributed by atoms with Gasteiger partial charge in [-0.2, -0.15) is 0 Å². The molecular weight excluding hydrogens is 266 g/mol. The fourth-order valence-corrected chi connectivity index (χ4v) is 2.58. The van der Waals surface area contributed by atoms with E-state index in [1.165, 1.54) is 5.70 Å². The van der Waals surface area contributed by atoms with Crippen LogP contribution in [0.25, 0.3) is 0 Å². The van der Waals surface area contributed by atoms with Gasteiger partial charge in [-0.15, -0.1) is 0 Å². The summed E-state index contributed by atoms with van der Waals surface area (Å²) in [4.78, 5) is 16.8. The van der Waals surface area contributed by atoms with E-state index in [4.69, 9.17) is 4.74 Å². The Labute approximate surface area is 128 Å². The standard InChI is InChI=1S/C16H29N3O2/c1-6-7-8-13-14(18(2)3)9-11-19(4)15(13)16(20)17-10-12-21-5/h7-8,15H,6,9-12H2,1-5H3,(H,17,20)/b8-7-. The topological polar surface area (TPSA) is 44.8 Å². The molecule has 1 atom stereocenters. The first-order valence-electron chi connectivity index (χ1n) is 7.56. The number of nitrogens with one attached hydrogen (secondary N) is 1. The number of allylic oxidation sites excluding steroid dienone is 1. The molecule has 1 amide bonds. The highest BCUT2D eigenvalue weighted by atomic mass is 16.5. The summed E-state index contributed by atoms with van der Waals surface area (Å²) >= 11 is 0. The van der Waals surface area contributed by atoms with E-state index in [1.807, 2.05) is 21.1 Å². The molecule has 120 valence electrons. The van der Waals surface area contributed by atoms with Crippen LogP contribution in [-0.4, -0.2) is 69.7 Å². The Morgan fingerprint density at radius 2 is 2.24 bits per heavy atom. The summed E-state index contributed by atoms with van der Waals surface area (Å²) in [5, 5.41) is 2.96. The van der Waals surface area contributed by atoms with Crippen molar-refractivity contribution < 1.29 is 9.53 Å². The van der Waals surface area contributed by atoms with Crippen molar-refractivity contribution >= 4 is 5.91 Å². The molecule has 0 aromatic carbocycles. The van der Waals surface area contributed by atoms with E-state index in [2.05, 4.69) is 34.2 Å². The summed E-state index contributed by atoms with van der Waals surface area (Å²) in [6, 6.07) is -0.226. The molecule has 0 aromatic rings. The van der Waals surface area contributed by atoms with Crippen molar-refractivity contribution in [1.29, 1.82) is 0 Å². The normalized spacial score (nSPS) is 20.1. The molecule has 0 radical (unpaired) electrons. The van der Waals surface area contributed by atoms with Gasteiger partial charge in [0.05, 0.1) is 6.61 Å². The van der Waals surface area contributed by atoms with Gasteiger partial charge in [-0.25, -0.2) is 0 Å². The van der Waals surface area contributed by atoms with Crippen LogP contribution in [0, 0.1) is 0 Å². The van der Waals surface area contributed by atoms with Crippen LogP contribution in [0.5, 0.6) is 0 Å². The van der Waals surface area contributed by atoms with E-state index in [-0.39, 0.29) is 11.9 Å². The Hall–Kier alpha value is -1.33. The van der Waals surface area contributed by atoms with Gasteiger partial charge in [-0.1, -0.05) is 19.1 Å². The predicted octanol–water partition coefficient (Wildman–Crippen LogP) is 1.24. The Kier molecular flexibility index (Phi) is 7.47. The number of hydrogen-bond donors (Lipinski definition) is 1. The largest absolute Gasteiger partial charge is 0.383 e. The van der Waals surface area contributed by atoms with E-state index in [9.17, 15) is 4.79 Å². The molecule has 21 heavy (non-hydrogen) atoms. The molecule has 0 aromatic heterocycles. The van der Waals surface area contributed by atoms with Crippen LogP contribution in [0.3, 0.4) is 0 Å². The minimum absolute atomic E-state index is 0.0457. The molecule has 0 saturated carbocycles. The lowest BCUT2D eigenvalue weighted by molar-refractivity contribution is -0.125. The molecular formula is C16H29N3O2. The van der Waals surface area contributed by atoms with Crippen LogP contribution in [0.2, 0.25) is 0 Å². The maximum Gasteiger partial charge on any atom is 0.242 e. The molecule has 1 aliphatic heterocycles. The monoisotopic (exact) mass is 295 g/mol. The number of amides is 1. The Morgan fingerprint density at radius 1 is 1.52 bits per heavy atom. The van der Waals surface area contributed by atoms with Crippen LogP contribution < -0.4 is 5.32 Å². The molecule has 0 bridgehead atoms. The first-order chi connectivity index (χ1) is 10.0. The van der Waals surface area contributed by atoms with Gasteiger partial charge in [0.15, 0.2) is 0 Å². The minimum atomic E-state index is -0.226. The average molecular weight is 295 g/mol. The van der Waals surface area contributed by atoms with Gasteiger partial charge in [0.1, 0.15) is 6.04 Å². The predicted molar refractivity (Wildman–Crippen MR) is 86.1 cm³/mol. The summed E-state index contributed by atoms with van der Waals surface area (Å²) in [6.07, 6.45) is 6.15. The van der Waals surface area contributed by atoms with Crippen molar-refractivity contribution in [3.63, 3.8) is 0 Å². The highest BCUT2D eigenvalue weighted by molar-refractivity contribution is 5.86.